The first-order chi connectivity index (χ1) is 18.2. The van der Waals surface area contributed by atoms with E-state index in [-0.39, 0.29) is 23.7 Å². The molecule has 4 aromatic heterocycles. The van der Waals surface area contributed by atoms with E-state index >= 15 is 0 Å². The molecule has 198 valence electrons. The van der Waals surface area contributed by atoms with Crippen molar-refractivity contribution in [3.63, 3.8) is 0 Å². The molecular formula is C24H24FN7O5S. The number of methoxy groups -OCH3 is 2. The summed E-state index contributed by atoms with van der Waals surface area (Å²) in [6, 6.07) is 8.47. The number of nitrogens with zero attached hydrogens (tertiary/aromatic N) is 6. The number of hydrogen-bond donors (Lipinski definition) is 1. The van der Waals surface area contributed by atoms with Gasteiger partial charge in [0.25, 0.3) is 0 Å². The summed E-state index contributed by atoms with van der Waals surface area (Å²) in [5, 5.41) is 7.29. The van der Waals surface area contributed by atoms with Crippen molar-refractivity contribution in [1.82, 2.24) is 29.3 Å². The Kier molecular flexibility index (Phi) is 6.48. The lowest BCUT2D eigenvalue weighted by atomic mass is 10.2. The average molecular weight is 542 g/mol. The number of rotatable bonds is 9. The summed E-state index contributed by atoms with van der Waals surface area (Å²) in [5.74, 6) is 0.690. The fourth-order valence-corrected chi connectivity index (χ4v) is 5.08. The maximum atomic E-state index is 14.3. The quantitative estimate of drug-likeness (QED) is 0.298. The van der Waals surface area contributed by atoms with E-state index in [1.54, 1.807) is 37.4 Å². The monoisotopic (exact) mass is 541 g/mol. The molecule has 1 aromatic carbocycles. The van der Waals surface area contributed by atoms with Gasteiger partial charge in [0.15, 0.2) is 11.6 Å². The highest BCUT2D eigenvalue weighted by Crippen LogP contribution is 2.38. The molecule has 0 spiro atoms. The van der Waals surface area contributed by atoms with Crippen molar-refractivity contribution < 1.29 is 26.7 Å². The number of sulfonamides is 1. The van der Waals surface area contributed by atoms with Gasteiger partial charge in [-0.15, -0.1) is 10.2 Å². The molecule has 38 heavy (non-hydrogen) atoms. The van der Waals surface area contributed by atoms with Gasteiger partial charge in [-0.2, -0.15) is 0 Å². The minimum Gasteiger partial charge on any atom is -0.494 e. The first kappa shape index (κ1) is 25.2. The minimum atomic E-state index is -4.06. The van der Waals surface area contributed by atoms with Gasteiger partial charge in [0, 0.05) is 13.5 Å². The Morgan fingerprint density at radius 3 is 2.50 bits per heavy atom. The van der Waals surface area contributed by atoms with Crippen LogP contribution in [0.5, 0.6) is 11.5 Å². The molecule has 12 nitrogen and oxygen atoms in total. The largest absolute Gasteiger partial charge is 0.494 e. The third-order valence-electron chi connectivity index (χ3n) is 6.04. The minimum absolute atomic E-state index is 0.0275. The molecule has 0 amide bonds. The smallest absolute Gasteiger partial charge is 0.243 e. The number of aryl methyl sites for hydroxylation is 1. The van der Waals surface area contributed by atoms with Gasteiger partial charge < -0.3 is 18.5 Å². The highest BCUT2D eigenvalue weighted by Gasteiger charge is 2.29. The molecule has 0 aliphatic rings. The van der Waals surface area contributed by atoms with Crippen LogP contribution in [0, 0.1) is 5.82 Å². The van der Waals surface area contributed by atoms with Crippen LogP contribution in [0.3, 0.4) is 0 Å². The van der Waals surface area contributed by atoms with E-state index < -0.39 is 21.1 Å². The van der Waals surface area contributed by atoms with E-state index in [4.69, 9.17) is 13.9 Å². The molecule has 4 heterocycles. The van der Waals surface area contributed by atoms with Crippen molar-refractivity contribution in [2.75, 3.05) is 18.9 Å². The maximum Gasteiger partial charge on any atom is 0.243 e. The third kappa shape index (κ3) is 4.32. The fraction of sp³-hybridized carbons (Fsp3) is 0.250. The summed E-state index contributed by atoms with van der Waals surface area (Å²) in [4.78, 5) is 8.31. The van der Waals surface area contributed by atoms with E-state index in [1.165, 1.54) is 42.9 Å². The van der Waals surface area contributed by atoms with Crippen LogP contribution in [0.4, 0.5) is 10.3 Å². The van der Waals surface area contributed by atoms with Gasteiger partial charge in [0.05, 0.1) is 44.0 Å². The van der Waals surface area contributed by atoms with Crippen LogP contribution in [0.15, 0.2) is 53.5 Å². The normalized spacial score (nSPS) is 12.6. The number of nitrogens with one attached hydrogen (secondary N) is 1. The molecule has 0 aliphatic carbocycles. The van der Waals surface area contributed by atoms with Crippen molar-refractivity contribution in [1.29, 1.82) is 0 Å². The van der Waals surface area contributed by atoms with E-state index in [1.807, 2.05) is 0 Å². The highest BCUT2D eigenvalue weighted by atomic mass is 32.2. The van der Waals surface area contributed by atoms with Gasteiger partial charge >= 0.3 is 0 Å². The van der Waals surface area contributed by atoms with Crippen molar-refractivity contribution >= 4 is 27.0 Å². The predicted molar refractivity (Wildman–Crippen MR) is 136 cm³/mol. The lowest BCUT2D eigenvalue weighted by molar-refractivity contribution is 0.391. The first-order valence-electron chi connectivity index (χ1n) is 11.4. The molecular weight excluding hydrogens is 517 g/mol. The number of hydrogen-bond acceptors (Lipinski definition) is 9. The molecule has 5 rings (SSSR count). The first-order valence-corrected chi connectivity index (χ1v) is 13.0. The zero-order chi connectivity index (χ0) is 27.0. The molecule has 0 radical (unpaired) electrons. The summed E-state index contributed by atoms with van der Waals surface area (Å²) < 4.78 is 63.4. The van der Waals surface area contributed by atoms with Gasteiger partial charge in [0.1, 0.15) is 28.2 Å². The SMILES string of the molecule is COc1cccc(OC)c1-n1c(NS(=O)(=O)C(C)Cc2ncc(F)c3c2ncn3C)nnc1-c1ccco1. The Bertz CT molecular complexity index is 1690. The molecule has 0 fully saturated rings. The summed E-state index contributed by atoms with van der Waals surface area (Å²) in [6.07, 6.45) is 3.95. The summed E-state index contributed by atoms with van der Waals surface area (Å²) >= 11 is 0. The molecule has 1 unspecified atom stereocenters. The second-order valence-corrected chi connectivity index (χ2v) is 10.5. The second-order valence-electron chi connectivity index (χ2n) is 8.44. The van der Waals surface area contributed by atoms with Gasteiger partial charge in [-0.1, -0.05) is 6.07 Å². The van der Waals surface area contributed by atoms with Crippen LogP contribution in [-0.2, 0) is 23.5 Å². The van der Waals surface area contributed by atoms with Crippen LogP contribution < -0.4 is 14.2 Å². The zero-order valence-corrected chi connectivity index (χ0v) is 21.7. The van der Waals surface area contributed by atoms with Crippen LogP contribution in [0.2, 0.25) is 0 Å². The summed E-state index contributed by atoms with van der Waals surface area (Å²) in [5.41, 5.74) is 1.27. The molecule has 14 heteroatoms. The van der Waals surface area contributed by atoms with Crippen LogP contribution in [-0.4, -0.2) is 57.2 Å². The zero-order valence-electron chi connectivity index (χ0n) is 20.9. The van der Waals surface area contributed by atoms with E-state index in [9.17, 15) is 12.8 Å². The number of halogens is 1. The lowest BCUT2D eigenvalue weighted by Crippen LogP contribution is -2.29. The Balaban J connectivity index is 1.56. The van der Waals surface area contributed by atoms with Crippen LogP contribution >= 0.6 is 0 Å². The number of aromatic nitrogens is 6. The number of benzene rings is 1. The summed E-state index contributed by atoms with van der Waals surface area (Å²) in [7, 11) is 0.552. The van der Waals surface area contributed by atoms with Crippen LogP contribution in [0.1, 0.15) is 12.6 Å². The number of pyridine rings is 1. The molecule has 5 aromatic rings. The average Bonchev–Trinajstić information content (AvgIpc) is 3.65. The van der Waals surface area contributed by atoms with E-state index in [0.717, 1.165) is 6.20 Å². The Morgan fingerprint density at radius 2 is 1.84 bits per heavy atom. The number of anilines is 1. The molecule has 0 saturated heterocycles. The maximum absolute atomic E-state index is 14.3. The third-order valence-corrected chi connectivity index (χ3v) is 7.74. The lowest BCUT2D eigenvalue weighted by Gasteiger charge is -2.18. The number of fused-ring (bicyclic) bond motifs is 1. The standard InChI is InChI=1S/C24H24FN7O5S/c1-14(11-16-20-21(15(25)12-26-16)31(2)13-27-20)38(33,34)30-24-29-28-23(19-9-6-10-37-19)32(24)22-17(35-3)7-5-8-18(22)36-4/h5-10,12-14H,11H2,1-4H3,(H,29,30). The van der Waals surface area contributed by atoms with Gasteiger partial charge in [-0.05, 0) is 31.2 Å². The van der Waals surface area contributed by atoms with Gasteiger partial charge in [-0.3, -0.25) is 14.3 Å². The van der Waals surface area contributed by atoms with E-state index in [2.05, 4.69) is 24.9 Å². The molecule has 0 bridgehead atoms. The Hall–Kier alpha value is -4.46. The highest BCUT2D eigenvalue weighted by molar-refractivity contribution is 7.93. The molecule has 0 saturated carbocycles. The number of para-hydroxylation sites is 1. The van der Waals surface area contributed by atoms with Crippen molar-refractivity contribution in [3.8, 4) is 28.8 Å². The van der Waals surface area contributed by atoms with Crippen LogP contribution in [0.25, 0.3) is 28.3 Å². The van der Waals surface area contributed by atoms with Crippen molar-refractivity contribution in [2.24, 2.45) is 7.05 Å². The molecule has 1 atom stereocenters. The van der Waals surface area contributed by atoms with Gasteiger partial charge in [0.2, 0.25) is 21.8 Å². The molecule has 1 N–H and O–H groups in total. The number of ether oxygens (including phenoxy) is 2. The van der Waals surface area contributed by atoms with Crippen molar-refractivity contribution in [3.05, 3.63) is 60.6 Å². The van der Waals surface area contributed by atoms with Gasteiger partial charge in [-0.25, -0.2) is 17.8 Å². The van der Waals surface area contributed by atoms with E-state index in [0.29, 0.717) is 34.2 Å². The number of furan rings is 1. The Morgan fingerprint density at radius 1 is 1.11 bits per heavy atom. The molecule has 0 aliphatic heterocycles. The topological polar surface area (TPSA) is 139 Å². The second kappa shape index (κ2) is 9.78. The van der Waals surface area contributed by atoms with Crippen molar-refractivity contribution in [2.45, 2.75) is 18.6 Å². The Labute approximate surface area is 217 Å². The number of imidazole rings is 1. The predicted octanol–water partition coefficient (Wildman–Crippen LogP) is 3.34. The fourth-order valence-electron chi connectivity index (χ4n) is 4.12. The summed E-state index contributed by atoms with van der Waals surface area (Å²) in [6.45, 7) is 1.51.